The average Bonchev–Trinajstić information content (AvgIpc) is 2.83. The maximum absolute atomic E-state index is 4.35. The fourth-order valence-corrected chi connectivity index (χ4v) is 2.22. The van der Waals surface area contributed by atoms with Crippen molar-refractivity contribution in [2.75, 3.05) is 5.32 Å². The highest BCUT2D eigenvalue weighted by Gasteiger charge is 2.10. The molecule has 19 heavy (non-hydrogen) atoms. The minimum atomic E-state index is 0.208. The molecule has 1 aromatic carbocycles. The van der Waals surface area contributed by atoms with Gasteiger partial charge in [0.25, 0.3) is 0 Å². The molecule has 0 amide bonds. The van der Waals surface area contributed by atoms with Crippen LogP contribution in [-0.2, 0) is 7.05 Å². The zero-order valence-corrected chi connectivity index (χ0v) is 11.0. The van der Waals surface area contributed by atoms with E-state index in [0.29, 0.717) is 0 Å². The normalized spacial score (nSPS) is 12.5. The van der Waals surface area contributed by atoms with Gasteiger partial charge >= 0.3 is 0 Å². The zero-order valence-electron chi connectivity index (χ0n) is 11.0. The zero-order chi connectivity index (χ0) is 13.2. The van der Waals surface area contributed by atoms with E-state index in [1.807, 2.05) is 42.1 Å². The van der Waals surface area contributed by atoms with Crippen molar-refractivity contribution in [1.29, 1.82) is 0 Å². The minimum absolute atomic E-state index is 0.208. The van der Waals surface area contributed by atoms with E-state index in [-0.39, 0.29) is 6.04 Å². The molecule has 4 nitrogen and oxygen atoms in total. The maximum Gasteiger partial charge on any atom is 0.145 e. The monoisotopic (exact) mass is 252 g/mol. The van der Waals surface area contributed by atoms with Crippen LogP contribution in [0.2, 0.25) is 0 Å². The van der Waals surface area contributed by atoms with Crippen LogP contribution in [0.5, 0.6) is 0 Å². The van der Waals surface area contributed by atoms with Crippen LogP contribution < -0.4 is 5.32 Å². The molecule has 0 spiro atoms. The van der Waals surface area contributed by atoms with Gasteiger partial charge in [0, 0.05) is 19.3 Å². The Bertz CT molecular complexity index is 688. The Morgan fingerprint density at radius 1 is 1.11 bits per heavy atom. The van der Waals surface area contributed by atoms with Gasteiger partial charge in [0.15, 0.2) is 0 Å². The molecular formula is C15H16N4. The van der Waals surface area contributed by atoms with Crippen molar-refractivity contribution in [1.82, 2.24) is 14.5 Å². The average molecular weight is 252 g/mol. The summed E-state index contributed by atoms with van der Waals surface area (Å²) >= 11 is 0. The molecule has 1 N–H and O–H groups in total. The van der Waals surface area contributed by atoms with Gasteiger partial charge in [-0.25, -0.2) is 9.97 Å². The van der Waals surface area contributed by atoms with Crippen LogP contribution in [0, 0.1) is 0 Å². The molecular weight excluding hydrogens is 236 g/mol. The van der Waals surface area contributed by atoms with Crippen molar-refractivity contribution < 1.29 is 0 Å². The number of nitrogens with one attached hydrogen (secondary N) is 1. The molecule has 1 unspecified atom stereocenters. The molecule has 2 heterocycles. The number of nitrogens with zero attached hydrogens (tertiary/aromatic N) is 3. The molecule has 0 aliphatic rings. The van der Waals surface area contributed by atoms with Gasteiger partial charge in [-0.1, -0.05) is 30.3 Å². The number of aryl methyl sites for hydroxylation is 1. The first-order valence-corrected chi connectivity index (χ1v) is 6.33. The Kier molecular flexibility index (Phi) is 2.91. The smallest absolute Gasteiger partial charge is 0.145 e. The molecule has 96 valence electrons. The lowest BCUT2D eigenvalue weighted by atomic mass is 10.1. The molecule has 4 heteroatoms. The summed E-state index contributed by atoms with van der Waals surface area (Å²) < 4.78 is 2.00. The largest absolute Gasteiger partial charge is 0.363 e. The van der Waals surface area contributed by atoms with Gasteiger partial charge in [0.2, 0.25) is 0 Å². The van der Waals surface area contributed by atoms with E-state index in [4.69, 9.17) is 0 Å². The van der Waals surface area contributed by atoms with Crippen LogP contribution >= 0.6 is 0 Å². The van der Waals surface area contributed by atoms with Crippen molar-refractivity contribution in [3.05, 3.63) is 54.5 Å². The Labute approximate surface area is 112 Å². The first kappa shape index (κ1) is 11.7. The first-order valence-electron chi connectivity index (χ1n) is 6.33. The maximum atomic E-state index is 4.35. The van der Waals surface area contributed by atoms with E-state index < -0.39 is 0 Å². The highest BCUT2D eigenvalue weighted by molar-refractivity contribution is 5.87. The second kappa shape index (κ2) is 4.72. The predicted octanol–water partition coefficient (Wildman–Crippen LogP) is 3.14. The standard InChI is InChI=1S/C15H16N4/c1-11(12-6-4-3-5-7-12)18-14-13-8-9-19(2)15(13)17-10-16-14/h3-11H,1-2H3,(H,16,17,18). The van der Waals surface area contributed by atoms with Gasteiger partial charge in [-0.15, -0.1) is 0 Å². The van der Waals surface area contributed by atoms with Crippen molar-refractivity contribution in [2.24, 2.45) is 7.05 Å². The lowest BCUT2D eigenvalue weighted by Gasteiger charge is -2.15. The fraction of sp³-hybridized carbons (Fsp3) is 0.200. The van der Waals surface area contributed by atoms with Gasteiger partial charge in [-0.2, -0.15) is 0 Å². The lowest BCUT2D eigenvalue weighted by Crippen LogP contribution is -2.08. The van der Waals surface area contributed by atoms with E-state index in [1.165, 1.54) is 5.56 Å². The van der Waals surface area contributed by atoms with Gasteiger partial charge in [-0.05, 0) is 18.6 Å². The summed E-state index contributed by atoms with van der Waals surface area (Å²) in [5.74, 6) is 0.877. The number of anilines is 1. The first-order chi connectivity index (χ1) is 9.25. The van der Waals surface area contributed by atoms with Crippen molar-refractivity contribution in [3.8, 4) is 0 Å². The van der Waals surface area contributed by atoms with Crippen LogP contribution in [-0.4, -0.2) is 14.5 Å². The molecule has 0 aliphatic carbocycles. The van der Waals surface area contributed by atoms with Crippen LogP contribution in [0.3, 0.4) is 0 Å². The number of fused-ring (bicyclic) bond motifs is 1. The van der Waals surface area contributed by atoms with Gasteiger partial charge in [0.1, 0.15) is 17.8 Å². The summed E-state index contributed by atoms with van der Waals surface area (Å²) in [6.07, 6.45) is 3.60. The van der Waals surface area contributed by atoms with Crippen LogP contribution in [0.25, 0.3) is 11.0 Å². The Hall–Kier alpha value is -2.36. The summed E-state index contributed by atoms with van der Waals surface area (Å²) in [4.78, 5) is 8.64. The van der Waals surface area contributed by atoms with E-state index in [9.17, 15) is 0 Å². The highest BCUT2D eigenvalue weighted by atomic mass is 15.1. The second-order valence-electron chi connectivity index (χ2n) is 4.66. The van der Waals surface area contributed by atoms with E-state index in [2.05, 4.69) is 34.3 Å². The topological polar surface area (TPSA) is 42.7 Å². The summed E-state index contributed by atoms with van der Waals surface area (Å²) in [5, 5.41) is 4.50. The van der Waals surface area contributed by atoms with E-state index >= 15 is 0 Å². The fourth-order valence-electron chi connectivity index (χ4n) is 2.22. The molecule has 0 saturated heterocycles. The molecule has 0 bridgehead atoms. The number of benzene rings is 1. The van der Waals surface area contributed by atoms with Crippen molar-refractivity contribution in [2.45, 2.75) is 13.0 Å². The third-order valence-corrected chi connectivity index (χ3v) is 3.31. The van der Waals surface area contributed by atoms with Gasteiger partial charge in [0.05, 0.1) is 5.39 Å². The summed E-state index contributed by atoms with van der Waals surface area (Å²) in [6.45, 7) is 2.13. The molecule has 3 aromatic rings. The quantitative estimate of drug-likeness (QED) is 0.778. The number of hydrogen-bond acceptors (Lipinski definition) is 3. The molecule has 1 atom stereocenters. The Morgan fingerprint density at radius 2 is 1.89 bits per heavy atom. The molecule has 0 saturated carbocycles. The van der Waals surface area contributed by atoms with E-state index in [0.717, 1.165) is 16.9 Å². The lowest BCUT2D eigenvalue weighted by molar-refractivity contribution is 0.874. The van der Waals surface area contributed by atoms with Crippen LogP contribution in [0.1, 0.15) is 18.5 Å². The summed E-state index contributed by atoms with van der Waals surface area (Å²) in [6, 6.07) is 12.6. The molecule has 2 aromatic heterocycles. The Morgan fingerprint density at radius 3 is 2.68 bits per heavy atom. The third-order valence-electron chi connectivity index (χ3n) is 3.31. The Balaban J connectivity index is 1.93. The van der Waals surface area contributed by atoms with Crippen molar-refractivity contribution in [3.63, 3.8) is 0 Å². The van der Waals surface area contributed by atoms with Crippen LogP contribution in [0.15, 0.2) is 48.9 Å². The SMILES string of the molecule is CC(Nc1ncnc2c1ccn2C)c1ccccc1. The molecule has 0 fully saturated rings. The highest BCUT2D eigenvalue weighted by Crippen LogP contribution is 2.24. The number of rotatable bonds is 3. The van der Waals surface area contributed by atoms with E-state index in [1.54, 1.807) is 6.33 Å². The summed E-state index contributed by atoms with van der Waals surface area (Å²) in [7, 11) is 1.99. The number of aromatic nitrogens is 3. The number of hydrogen-bond donors (Lipinski definition) is 1. The predicted molar refractivity (Wildman–Crippen MR) is 77.0 cm³/mol. The summed E-state index contributed by atoms with van der Waals surface area (Å²) in [5.41, 5.74) is 2.18. The molecule has 0 radical (unpaired) electrons. The van der Waals surface area contributed by atoms with Gasteiger partial charge < -0.3 is 9.88 Å². The molecule has 0 aliphatic heterocycles. The third kappa shape index (κ3) is 2.17. The van der Waals surface area contributed by atoms with Crippen molar-refractivity contribution >= 4 is 16.9 Å². The molecule has 3 rings (SSSR count). The minimum Gasteiger partial charge on any atom is -0.363 e. The van der Waals surface area contributed by atoms with Gasteiger partial charge in [-0.3, -0.25) is 0 Å². The second-order valence-corrected chi connectivity index (χ2v) is 4.66. The van der Waals surface area contributed by atoms with Crippen LogP contribution in [0.4, 0.5) is 5.82 Å².